The highest BCUT2D eigenvalue weighted by Gasteiger charge is 2.35. The van der Waals surface area contributed by atoms with Crippen LogP contribution in [0.25, 0.3) is 16.9 Å². The van der Waals surface area contributed by atoms with E-state index in [4.69, 9.17) is 27.8 Å². The fourth-order valence-corrected chi connectivity index (χ4v) is 3.59. The third-order valence-corrected chi connectivity index (χ3v) is 5.89. The first kappa shape index (κ1) is 23.0. The predicted molar refractivity (Wildman–Crippen MR) is 113 cm³/mol. The Kier molecular flexibility index (Phi) is 5.79. The zero-order valence-electron chi connectivity index (χ0n) is 16.0. The summed E-state index contributed by atoms with van der Waals surface area (Å²) < 4.78 is 73.4. The van der Waals surface area contributed by atoms with Crippen LogP contribution in [-0.2, 0) is 16.3 Å². The van der Waals surface area contributed by atoms with Crippen LogP contribution in [-0.4, -0.2) is 32.6 Å². The van der Waals surface area contributed by atoms with Crippen LogP contribution in [0.1, 0.15) is 16.8 Å². The number of hydrogen-bond acceptors (Lipinski definition) is 5. The van der Waals surface area contributed by atoms with Crippen LogP contribution in [0.2, 0.25) is 10.0 Å². The van der Waals surface area contributed by atoms with E-state index in [9.17, 15) is 21.6 Å². The van der Waals surface area contributed by atoms with Gasteiger partial charge in [-0.3, -0.25) is 9.54 Å². The van der Waals surface area contributed by atoms with Gasteiger partial charge in [-0.1, -0.05) is 41.1 Å². The summed E-state index contributed by atoms with van der Waals surface area (Å²) in [5.74, 6) is 5.20. The summed E-state index contributed by atoms with van der Waals surface area (Å²) >= 11 is 11.9. The number of rotatable bonds is 2. The van der Waals surface area contributed by atoms with Gasteiger partial charge in [0, 0.05) is 23.5 Å². The molecule has 7 nitrogen and oxygen atoms in total. The van der Waals surface area contributed by atoms with E-state index in [0.29, 0.717) is 10.1 Å². The predicted octanol–water partition coefficient (Wildman–Crippen LogP) is 4.76. The molecule has 0 saturated heterocycles. The Labute approximate surface area is 194 Å². The fraction of sp³-hybridized carbons (Fsp3) is 0.0500. The van der Waals surface area contributed by atoms with E-state index >= 15 is 0 Å². The summed E-state index contributed by atoms with van der Waals surface area (Å²) in [6.07, 6.45) is -1.50. The minimum Gasteiger partial charge on any atom is -0.282 e. The molecule has 0 unspecified atom stereocenters. The van der Waals surface area contributed by atoms with E-state index < -0.39 is 26.9 Å². The lowest BCUT2D eigenvalue weighted by atomic mass is 10.1. The molecule has 0 atom stereocenters. The van der Waals surface area contributed by atoms with Crippen LogP contribution in [0.4, 0.5) is 13.2 Å². The summed E-state index contributed by atoms with van der Waals surface area (Å²) in [5, 5.41) is 4.13. The number of fused-ring (bicyclic) bond motifs is 1. The third kappa shape index (κ3) is 4.79. The van der Waals surface area contributed by atoms with Gasteiger partial charge in [-0.25, -0.2) is 9.50 Å². The summed E-state index contributed by atoms with van der Waals surface area (Å²) in [5.41, 5.74) is -0.871. The van der Waals surface area contributed by atoms with Crippen molar-refractivity contribution in [2.45, 2.75) is 11.1 Å². The average molecular weight is 513 g/mol. The Balaban J connectivity index is 1.88. The molecule has 0 aliphatic carbocycles. The monoisotopic (exact) mass is 512 g/mol. The van der Waals surface area contributed by atoms with Gasteiger partial charge >= 0.3 is 6.18 Å². The van der Waals surface area contributed by atoms with Gasteiger partial charge in [0.2, 0.25) is 0 Å². The maximum atomic E-state index is 13.7. The molecule has 0 fully saturated rings. The third-order valence-electron chi connectivity index (χ3n) is 4.33. The standard InChI is InChI=1S/C20H9Cl2F3N4O3S/c21-15-4-3-12(6-16(15)22)17-7-18(20(23,24)25)29-19(28-17)13(9-27-29)2-1-11-5-14(10-26-8-11)33(30,31)32/h3-10H,(H,30,31,32). The maximum absolute atomic E-state index is 13.7. The number of pyridine rings is 1. The molecule has 1 N–H and O–H groups in total. The van der Waals surface area contributed by atoms with Crippen LogP contribution >= 0.6 is 23.2 Å². The zero-order chi connectivity index (χ0) is 24.0. The first-order valence-electron chi connectivity index (χ1n) is 8.79. The molecule has 3 heterocycles. The van der Waals surface area contributed by atoms with Crippen LogP contribution in [0.15, 0.2) is 53.8 Å². The van der Waals surface area contributed by atoms with E-state index in [1.807, 2.05) is 0 Å². The first-order valence-corrected chi connectivity index (χ1v) is 11.0. The van der Waals surface area contributed by atoms with E-state index in [2.05, 4.69) is 26.9 Å². The highest BCUT2D eigenvalue weighted by atomic mass is 35.5. The molecular formula is C20H9Cl2F3N4O3S. The second kappa shape index (κ2) is 8.31. The lowest BCUT2D eigenvalue weighted by molar-refractivity contribution is -0.142. The Morgan fingerprint density at radius 1 is 1.00 bits per heavy atom. The van der Waals surface area contributed by atoms with Crippen molar-refractivity contribution < 1.29 is 26.1 Å². The lowest BCUT2D eigenvalue weighted by Gasteiger charge is -2.11. The molecule has 3 aromatic heterocycles. The van der Waals surface area contributed by atoms with Gasteiger partial charge in [0.25, 0.3) is 10.1 Å². The zero-order valence-corrected chi connectivity index (χ0v) is 18.3. The molecule has 168 valence electrons. The van der Waals surface area contributed by atoms with Gasteiger partial charge in [0.1, 0.15) is 4.90 Å². The van der Waals surface area contributed by atoms with Crippen molar-refractivity contribution in [1.29, 1.82) is 0 Å². The second-order valence-corrected chi connectivity index (χ2v) is 8.82. The van der Waals surface area contributed by atoms with E-state index in [-0.39, 0.29) is 32.5 Å². The summed E-state index contributed by atoms with van der Waals surface area (Å²) in [4.78, 5) is 7.46. The molecular weight excluding hydrogens is 504 g/mol. The van der Waals surface area contributed by atoms with Crippen LogP contribution in [0, 0.1) is 11.8 Å². The number of hydrogen-bond donors (Lipinski definition) is 1. The molecule has 0 spiro atoms. The Bertz CT molecular complexity index is 1580. The highest BCUT2D eigenvalue weighted by Crippen LogP contribution is 2.34. The average Bonchev–Trinajstić information content (AvgIpc) is 3.15. The van der Waals surface area contributed by atoms with Crippen molar-refractivity contribution in [3.8, 4) is 23.1 Å². The van der Waals surface area contributed by atoms with Gasteiger partial charge in [0.05, 0.1) is 27.5 Å². The van der Waals surface area contributed by atoms with Crippen LogP contribution in [0.5, 0.6) is 0 Å². The second-order valence-electron chi connectivity index (χ2n) is 6.58. The van der Waals surface area contributed by atoms with Crippen molar-refractivity contribution in [2.75, 3.05) is 0 Å². The molecule has 0 aliphatic rings. The van der Waals surface area contributed by atoms with Crippen molar-refractivity contribution >= 4 is 39.0 Å². The number of aromatic nitrogens is 4. The van der Waals surface area contributed by atoms with Gasteiger partial charge < -0.3 is 0 Å². The molecule has 4 rings (SSSR count). The topological polar surface area (TPSA) is 97.5 Å². The first-order chi connectivity index (χ1) is 15.4. The molecule has 13 heteroatoms. The normalized spacial score (nSPS) is 11.9. The number of nitrogens with zero attached hydrogens (tertiary/aromatic N) is 4. The molecule has 0 radical (unpaired) electrons. The summed E-state index contributed by atoms with van der Waals surface area (Å²) in [6.45, 7) is 0. The van der Waals surface area contributed by atoms with Gasteiger partial charge in [-0.2, -0.15) is 26.7 Å². The van der Waals surface area contributed by atoms with Crippen molar-refractivity contribution in [2.24, 2.45) is 0 Å². The molecule has 0 saturated carbocycles. The quantitative estimate of drug-likeness (QED) is 0.307. The Hall–Kier alpha value is -3.17. The number of halogens is 5. The molecule has 0 aliphatic heterocycles. The minimum atomic E-state index is -4.75. The van der Waals surface area contributed by atoms with Crippen LogP contribution in [0.3, 0.4) is 0 Å². The highest BCUT2D eigenvalue weighted by molar-refractivity contribution is 7.85. The Morgan fingerprint density at radius 3 is 2.42 bits per heavy atom. The molecule has 4 aromatic rings. The van der Waals surface area contributed by atoms with Gasteiger partial charge in [0.15, 0.2) is 11.3 Å². The Morgan fingerprint density at radius 2 is 1.76 bits per heavy atom. The van der Waals surface area contributed by atoms with E-state index in [1.165, 1.54) is 24.4 Å². The molecule has 0 amide bonds. The molecule has 0 bridgehead atoms. The summed E-state index contributed by atoms with van der Waals surface area (Å²) in [6, 6.07) is 6.19. The van der Waals surface area contributed by atoms with Crippen LogP contribution < -0.4 is 0 Å². The fourth-order valence-electron chi connectivity index (χ4n) is 2.82. The van der Waals surface area contributed by atoms with Gasteiger partial charge in [-0.05, 0) is 24.3 Å². The maximum Gasteiger partial charge on any atom is 0.433 e. The van der Waals surface area contributed by atoms with Crippen molar-refractivity contribution in [3.05, 3.63) is 75.8 Å². The van der Waals surface area contributed by atoms with Crippen molar-refractivity contribution in [1.82, 2.24) is 19.6 Å². The summed E-state index contributed by atoms with van der Waals surface area (Å²) in [7, 11) is -4.50. The number of alkyl halides is 3. The smallest absolute Gasteiger partial charge is 0.282 e. The van der Waals surface area contributed by atoms with E-state index in [0.717, 1.165) is 24.5 Å². The van der Waals surface area contributed by atoms with Gasteiger partial charge in [-0.15, -0.1) is 0 Å². The number of benzene rings is 1. The lowest BCUT2D eigenvalue weighted by Crippen LogP contribution is -2.13. The SMILES string of the molecule is O=S(=O)(O)c1cncc(C#Cc2cnn3c(C(F)(F)F)cc(-c4ccc(Cl)c(Cl)c4)nc23)c1. The van der Waals surface area contributed by atoms with Crippen molar-refractivity contribution in [3.63, 3.8) is 0 Å². The van der Waals surface area contributed by atoms with E-state index in [1.54, 1.807) is 0 Å². The minimum absolute atomic E-state index is 0.0352. The molecule has 1 aromatic carbocycles. The molecule has 33 heavy (non-hydrogen) atoms. The largest absolute Gasteiger partial charge is 0.433 e.